The van der Waals surface area contributed by atoms with E-state index in [2.05, 4.69) is 22.9 Å². The lowest BCUT2D eigenvalue weighted by molar-refractivity contribution is -0.154. The molecular formula is C22H26BrNO4. The smallest absolute Gasteiger partial charge is 0.312 e. The molecule has 2 unspecified atom stereocenters. The highest BCUT2D eigenvalue weighted by Crippen LogP contribution is 2.53. The Morgan fingerprint density at radius 1 is 1.36 bits per heavy atom. The summed E-state index contributed by atoms with van der Waals surface area (Å²) in [7, 11) is 0. The fraction of sp³-hybridized carbons (Fsp3) is 0.545. The topological polar surface area (TPSA) is 55.8 Å². The van der Waals surface area contributed by atoms with Crippen LogP contribution in [0.15, 0.2) is 40.9 Å². The van der Waals surface area contributed by atoms with E-state index in [0.717, 1.165) is 29.3 Å². The van der Waals surface area contributed by atoms with E-state index in [0.29, 0.717) is 13.2 Å². The number of hydrogen-bond acceptors (Lipinski definition) is 4. The maximum atomic E-state index is 13.3. The SMILES string of the molecule is CCCCCOC(=O)C1[C@H]2C(=O)N(C(C)c3ccc(Br)cc3)C[C@]23C=C[C@H]1O3. The Balaban J connectivity index is 1.51. The highest BCUT2D eigenvalue weighted by molar-refractivity contribution is 9.10. The number of amides is 1. The fourth-order valence-corrected chi connectivity index (χ4v) is 4.93. The minimum Gasteiger partial charge on any atom is -0.465 e. The van der Waals surface area contributed by atoms with Gasteiger partial charge in [0.05, 0.1) is 31.2 Å². The van der Waals surface area contributed by atoms with Crippen molar-refractivity contribution in [2.24, 2.45) is 11.8 Å². The first-order valence-corrected chi connectivity index (χ1v) is 10.9. The van der Waals surface area contributed by atoms with Crippen LogP contribution in [0, 0.1) is 11.8 Å². The van der Waals surface area contributed by atoms with E-state index in [4.69, 9.17) is 9.47 Å². The molecule has 0 aliphatic carbocycles. The minimum absolute atomic E-state index is 0.0159. The van der Waals surface area contributed by atoms with Gasteiger partial charge >= 0.3 is 5.97 Å². The third kappa shape index (κ3) is 3.20. The molecule has 3 heterocycles. The van der Waals surface area contributed by atoms with E-state index in [1.54, 1.807) is 0 Å². The van der Waals surface area contributed by atoms with Crippen LogP contribution in [0.5, 0.6) is 0 Å². The number of ether oxygens (including phenoxy) is 2. The van der Waals surface area contributed by atoms with Crippen molar-refractivity contribution in [1.82, 2.24) is 4.90 Å². The van der Waals surface area contributed by atoms with Crippen LogP contribution in [-0.2, 0) is 19.1 Å². The summed E-state index contributed by atoms with van der Waals surface area (Å²) in [6.07, 6.45) is 6.51. The third-order valence-electron chi connectivity index (χ3n) is 6.21. The molecule has 0 aromatic heterocycles. The summed E-state index contributed by atoms with van der Waals surface area (Å²) < 4.78 is 12.7. The molecule has 2 saturated heterocycles. The lowest BCUT2D eigenvalue weighted by atomic mass is 9.77. The van der Waals surface area contributed by atoms with Crippen molar-refractivity contribution < 1.29 is 19.1 Å². The molecule has 6 heteroatoms. The van der Waals surface area contributed by atoms with Gasteiger partial charge in [0, 0.05) is 4.47 Å². The second-order valence-corrected chi connectivity index (χ2v) is 8.88. The van der Waals surface area contributed by atoms with Gasteiger partial charge < -0.3 is 14.4 Å². The number of likely N-dealkylation sites (tertiary alicyclic amines) is 1. The van der Waals surface area contributed by atoms with Crippen LogP contribution < -0.4 is 0 Å². The first-order chi connectivity index (χ1) is 13.5. The summed E-state index contributed by atoms with van der Waals surface area (Å²) in [5, 5.41) is 0. The van der Waals surface area contributed by atoms with Crippen molar-refractivity contribution in [3.05, 3.63) is 46.5 Å². The summed E-state index contributed by atoms with van der Waals surface area (Å²) in [5.41, 5.74) is 0.364. The quantitative estimate of drug-likeness (QED) is 0.359. The van der Waals surface area contributed by atoms with Crippen molar-refractivity contribution in [1.29, 1.82) is 0 Å². The van der Waals surface area contributed by atoms with Crippen molar-refractivity contribution in [2.75, 3.05) is 13.2 Å². The predicted molar refractivity (Wildman–Crippen MR) is 108 cm³/mol. The zero-order chi connectivity index (χ0) is 19.9. The monoisotopic (exact) mass is 447 g/mol. The highest BCUT2D eigenvalue weighted by atomic mass is 79.9. The van der Waals surface area contributed by atoms with Crippen LogP contribution >= 0.6 is 15.9 Å². The Labute approximate surface area is 174 Å². The van der Waals surface area contributed by atoms with Crippen molar-refractivity contribution in [2.45, 2.75) is 50.9 Å². The first-order valence-electron chi connectivity index (χ1n) is 10.1. The standard InChI is InChI=1S/C22H26BrNO4/c1-3-4-5-12-27-21(26)18-17-10-11-22(28-17)13-24(20(25)19(18)22)14(2)15-6-8-16(23)9-7-15/h6-11,14,17-19H,3-5,12-13H2,1-2H3/t14?,17-,18?,19+,22-/m1/s1. The Morgan fingerprint density at radius 3 is 2.82 bits per heavy atom. The van der Waals surface area contributed by atoms with Gasteiger partial charge in [-0.1, -0.05) is 60.0 Å². The van der Waals surface area contributed by atoms with Crippen LogP contribution in [0.3, 0.4) is 0 Å². The highest BCUT2D eigenvalue weighted by Gasteiger charge is 2.67. The molecule has 1 aromatic carbocycles. The van der Waals surface area contributed by atoms with E-state index in [-0.39, 0.29) is 24.0 Å². The maximum absolute atomic E-state index is 13.3. The second kappa shape index (κ2) is 7.64. The molecule has 1 amide bonds. The summed E-state index contributed by atoms with van der Waals surface area (Å²) in [6, 6.07) is 7.90. The molecule has 1 aromatic rings. The molecule has 150 valence electrons. The Bertz CT molecular complexity index is 792. The Morgan fingerprint density at radius 2 is 2.11 bits per heavy atom. The molecule has 3 aliphatic heterocycles. The van der Waals surface area contributed by atoms with Gasteiger partial charge in [0.1, 0.15) is 11.5 Å². The zero-order valence-corrected chi connectivity index (χ0v) is 17.9. The Hall–Kier alpha value is -1.66. The third-order valence-corrected chi connectivity index (χ3v) is 6.74. The van der Waals surface area contributed by atoms with Gasteiger partial charge in [-0.2, -0.15) is 0 Å². The van der Waals surface area contributed by atoms with Gasteiger partial charge in [0.15, 0.2) is 0 Å². The van der Waals surface area contributed by atoms with E-state index >= 15 is 0 Å². The lowest BCUT2D eigenvalue weighted by Crippen LogP contribution is -2.40. The van der Waals surface area contributed by atoms with Crippen molar-refractivity contribution in [3.63, 3.8) is 0 Å². The number of halogens is 1. The van der Waals surface area contributed by atoms with Gasteiger partial charge in [-0.05, 0) is 31.0 Å². The lowest BCUT2D eigenvalue weighted by Gasteiger charge is -2.27. The average molecular weight is 448 g/mol. The van der Waals surface area contributed by atoms with E-state index in [1.807, 2.05) is 48.2 Å². The number of carbonyl (C=O) groups is 2. The molecular weight excluding hydrogens is 422 g/mol. The summed E-state index contributed by atoms with van der Waals surface area (Å²) >= 11 is 3.45. The van der Waals surface area contributed by atoms with E-state index in [1.165, 1.54) is 0 Å². The minimum atomic E-state index is -0.696. The summed E-state index contributed by atoms with van der Waals surface area (Å²) in [6.45, 7) is 5.01. The fourth-order valence-electron chi connectivity index (χ4n) is 4.67. The van der Waals surface area contributed by atoms with E-state index in [9.17, 15) is 9.59 Å². The van der Waals surface area contributed by atoms with E-state index < -0.39 is 17.4 Å². The largest absolute Gasteiger partial charge is 0.465 e. The number of carbonyl (C=O) groups excluding carboxylic acids is 2. The predicted octanol–water partition coefficient (Wildman–Crippen LogP) is 4.03. The average Bonchev–Trinajstić information content (AvgIpc) is 3.33. The molecule has 2 bridgehead atoms. The van der Waals surface area contributed by atoms with Gasteiger partial charge in [-0.25, -0.2) is 0 Å². The van der Waals surface area contributed by atoms with Crippen molar-refractivity contribution >= 4 is 27.8 Å². The van der Waals surface area contributed by atoms with Crippen LogP contribution in [0.2, 0.25) is 0 Å². The number of rotatable bonds is 7. The number of esters is 1. The Kier molecular flexibility index (Phi) is 5.36. The number of hydrogen-bond donors (Lipinski definition) is 0. The number of fused-ring (bicyclic) bond motifs is 1. The number of benzene rings is 1. The zero-order valence-electron chi connectivity index (χ0n) is 16.3. The van der Waals surface area contributed by atoms with Gasteiger partial charge in [0.25, 0.3) is 0 Å². The van der Waals surface area contributed by atoms with Crippen LogP contribution in [0.25, 0.3) is 0 Å². The number of unbranched alkanes of at least 4 members (excludes halogenated alkanes) is 2. The van der Waals surface area contributed by atoms with Gasteiger partial charge in [-0.3, -0.25) is 9.59 Å². The molecule has 0 saturated carbocycles. The molecule has 5 nitrogen and oxygen atoms in total. The number of nitrogens with zero attached hydrogens (tertiary/aromatic N) is 1. The van der Waals surface area contributed by atoms with Gasteiger partial charge in [-0.15, -0.1) is 0 Å². The van der Waals surface area contributed by atoms with Crippen molar-refractivity contribution in [3.8, 4) is 0 Å². The second-order valence-electron chi connectivity index (χ2n) is 7.97. The molecule has 3 aliphatic rings. The summed E-state index contributed by atoms with van der Waals surface area (Å²) in [5.74, 6) is -1.35. The summed E-state index contributed by atoms with van der Waals surface area (Å²) in [4.78, 5) is 27.9. The van der Waals surface area contributed by atoms with Crippen LogP contribution in [0.1, 0.15) is 44.7 Å². The molecule has 0 N–H and O–H groups in total. The molecule has 1 spiro atoms. The van der Waals surface area contributed by atoms with Crippen LogP contribution in [0.4, 0.5) is 0 Å². The maximum Gasteiger partial charge on any atom is 0.312 e. The molecule has 28 heavy (non-hydrogen) atoms. The normalized spacial score (nSPS) is 31.3. The molecule has 4 rings (SSSR count). The molecule has 0 radical (unpaired) electrons. The molecule has 2 fully saturated rings. The first kappa shape index (κ1) is 19.6. The van der Waals surface area contributed by atoms with Gasteiger partial charge in [0.2, 0.25) is 5.91 Å². The van der Waals surface area contributed by atoms with Crippen LogP contribution in [-0.4, -0.2) is 41.6 Å². The molecule has 5 atom stereocenters.